The molecule has 0 amide bonds. The van der Waals surface area contributed by atoms with Crippen LogP contribution in [0.5, 0.6) is 0 Å². The topological polar surface area (TPSA) is 29.5 Å². The molecule has 0 atom stereocenters. The first kappa shape index (κ1) is 20.5. The average Bonchev–Trinajstić information content (AvgIpc) is 2.63. The molecule has 0 N–H and O–H groups in total. The summed E-state index contributed by atoms with van der Waals surface area (Å²) in [4.78, 5) is 14.3. The first-order chi connectivity index (χ1) is 12.4. The minimum atomic E-state index is -0.723. The molecule has 0 aliphatic rings. The quantitative estimate of drug-likeness (QED) is 0.490. The van der Waals surface area contributed by atoms with Crippen molar-refractivity contribution in [2.45, 2.75) is 38.6 Å². The van der Waals surface area contributed by atoms with Gasteiger partial charge in [0, 0.05) is 13.1 Å². The molecule has 0 bridgehead atoms. The van der Waals surface area contributed by atoms with E-state index in [9.17, 15) is 4.79 Å². The maximum absolute atomic E-state index is 12.2. The first-order valence-electron chi connectivity index (χ1n) is 8.65. The molecule has 0 radical (unpaired) electrons. The summed E-state index contributed by atoms with van der Waals surface area (Å²) in [5.74, 6) is -0.244. The number of ether oxygens (including phenoxy) is 1. The minimum absolute atomic E-state index is 0.244. The van der Waals surface area contributed by atoms with Crippen molar-refractivity contribution in [2.75, 3.05) is 6.61 Å². The van der Waals surface area contributed by atoms with Crippen molar-refractivity contribution >= 4 is 34.3 Å². The Labute approximate surface area is 165 Å². The van der Waals surface area contributed by atoms with E-state index in [-0.39, 0.29) is 5.97 Å². The average molecular weight is 388 g/mol. The largest absolute Gasteiger partial charge is 0.465 e. The molecule has 0 aliphatic heterocycles. The number of esters is 1. The number of thiocarbonyl (C=S) groups is 1. The Balaban J connectivity index is 2.16. The molecule has 0 fully saturated rings. The Bertz CT molecular complexity index is 676. The van der Waals surface area contributed by atoms with Crippen LogP contribution in [0.15, 0.2) is 60.7 Å². The molecular weight excluding hydrogens is 362 g/mol. The molecule has 0 unspecified atom stereocenters. The molecular formula is C21H25NO2S2. The van der Waals surface area contributed by atoms with Crippen LogP contribution in [-0.2, 0) is 22.6 Å². The number of carbonyl (C=O) groups is 1. The number of carbonyl (C=O) groups excluding carboxylic acids is 1. The van der Waals surface area contributed by atoms with E-state index < -0.39 is 4.75 Å². The highest BCUT2D eigenvalue weighted by Crippen LogP contribution is 2.30. The van der Waals surface area contributed by atoms with Gasteiger partial charge in [0.05, 0.1) is 6.61 Å². The van der Waals surface area contributed by atoms with Gasteiger partial charge in [-0.2, -0.15) is 0 Å². The second-order valence-corrected chi connectivity index (χ2v) is 8.68. The highest BCUT2D eigenvalue weighted by molar-refractivity contribution is 8.24. The van der Waals surface area contributed by atoms with Crippen molar-refractivity contribution in [1.29, 1.82) is 0 Å². The first-order valence-corrected chi connectivity index (χ1v) is 9.88. The van der Waals surface area contributed by atoms with Crippen LogP contribution in [0, 0.1) is 0 Å². The second-order valence-electron chi connectivity index (χ2n) is 6.43. The number of hydrogen-bond donors (Lipinski definition) is 0. The van der Waals surface area contributed by atoms with Crippen LogP contribution < -0.4 is 0 Å². The van der Waals surface area contributed by atoms with Crippen LogP contribution in [0.1, 0.15) is 31.9 Å². The molecule has 5 heteroatoms. The Morgan fingerprint density at radius 3 is 1.88 bits per heavy atom. The predicted molar refractivity (Wildman–Crippen MR) is 113 cm³/mol. The lowest BCUT2D eigenvalue weighted by Crippen LogP contribution is -2.36. The van der Waals surface area contributed by atoms with Crippen molar-refractivity contribution in [3.8, 4) is 0 Å². The van der Waals surface area contributed by atoms with Crippen molar-refractivity contribution in [1.82, 2.24) is 4.90 Å². The molecule has 2 aromatic rings. The van der Waals surface area contributed by atoms with Crippen LogP contribution in [0.2, 0.25) is 0 Å². The van der Waals surface area contributed by atoms with E-state index in [0.29, 0.717) is 24.0 Å². The Morgan fingerprint density at radius 2 is 1.46 bits per heavy atom. The summed E-state index contributed by atoms with van der Waals surface area (Å²) in [6.45, 7) is 7.28. The van der Waals surface area contributed by atoms with Crippen molar-refractivity contribution in [3.05, 3.63) is 71.8 Å². The molecule has 2 aromatic carbocycles. The number of thioether (sulfide) groups is 1. The zero-order valence-corrected chi connectivity index (χ0v) is 17.1. The van der Waals surface area contributed by atoms with E-state index in [1.807, 2.05) is 57.2 Å². The molecule has 26 heavy (non-hydrogen) atoms. The lowest BCUT2D eigenvalue weighted by atomic mass is 10.2. The summed E-state index contributed by atoms with van der Waals surface area (Å²) in [5.41, 5.74) is 2.36. The van der Waals surface area contributed by atoms with Gasteiger partial charge >= 0.3 is 5.97 Å². The molecule has 0 aliphatic carbocycles. The standard InChI is InChI=1S/C21H25NO2S2/c1-4-24-19(23)21(2,3)26-20(25)22(15-17-11-7-5-8-12-17)16-18-13-9-6-10-14-18/h5-14H,4,15-16H2,1-3H3. The van der Waals surface area contributed by atoms with Gasteiger partial charge in [-0.05, 0) is 31.9 Å². The van der Waals surface area contributed by atoms with Gasteiger partial charge in [0.2, 0.25) is 0 Å². The van der Waals surface area contributed by atoms with Gasteiger partial charge in [0.15, 0.2) is 0 Å². The van der Waals surface area contributed by atoms with Gasteiger partial charge < -0.3 is 9.64 Å². The van der Waals surface area contributed by atoms with E-state index in [2.05, 4.69) is 29.2 Å². The van der Waals surface area contributed by atoms with Crippen LogP contribution in [0.3, 0.4) is 0 Å². The molecule has 138 valence electrons. The molecule has 0 heterocycles. The third-order valence-electron chi connectivity index (χ3n) is 3.80. The Kier molecular flexibility index (Phi) is 7.66. The van der Waals surface area contributed by atoms with Crippen LogP contribution in [0.25, 0.3) is 0 Å². The van der Waals surface area contributed by atoms with E-state index in [4.69, 9.17) is 17.0 Å². The fourth-order valence-corrected chi connectivity index (χ4v) is 4.01. The van der Waals surface area contributed by atoms with Gasteiger partial charge in [0.25, 0.3) is 0 Å². The molecule has 2 rings (SSSR count). The number of rotatable bonds is 7. The number of nitrogens with zero attached hydrogens (tertiary/aromatic N) is 1. The summed E-state index contributed by atoms with van der Waals surface area (Å²) >= 11 is 7.09. The maximum atomic E-state index is 12.2. The molecule has 0 spiro atoms. The van der Waals surface area contributed by atoms with E-state index in [0.717, 1.165) is 0 Å². The Morgan fingerprint density at radius 1 is 1.00 bits per heavy atom. The summed E-state index contributed by atoms with van der Waals surface area (Å²) in [6.07, 6.45) is 0. The summed E-state index contributed by atoms with van der Waals surface area (Å²) in [6, 6.07) is 20.4. The third kappa shape index (κ3) is 6.15. The lowest BCUT2D eigenvalue weighted by molar-refractivity contribution is -0.145. The van der Waals surface area contributed by atoms with Crippen LogP contribution in [-0.4, -0.2) is 26.5 Å². The van der Waals surface area contributed by atoms with Gasteiger partial charge in [-0.1, -0.05) is 84.6 Å². The van der Waals surface area contributed by atoms with Crippen molar-refractivity contribution in [2.24, 2.45) is 0 Å². The normalized spacial score (nSPS) is 11.0. The van der Waals surface area contributed by atoms with Crippen LogP contribution in [0.4, 0.5) is 0 Å². The third-order valence-corrected chi connectivity index (χ3v) is 5.42. The van der Waals surface area contributed by atoms with E-state index >= 15 is 0 Å². The van der Waals surface area contributed by atoms with Crippen molar-refractivity contribution < 1.29 is 9.53 Å². The molecule has 3 nitrogen and oxygen atoms in total. The fraction of sp³-hybridized carbons (Fsp3) is 0.333. The van der Waals surface area contributed by atoms with Crippen molar-refractivity contribution in [3.63, 3.8) is 0 Å². The zero-order valence-electron chi connectivity index (χ0n) is 15.5. The molecule has 0 saturated carbocycles. The molecule has 0 saturated heterocycles. The zero-order chi connectivity index (χ0) is 19.0. The van der Waals surface area contributed by atoms with Crippen LogP contribution >= 0.6 is 24.0 Å². The lowest BCUT2D eigenvalue weighted by Gasteiger charge is -2.29. The van der Waals surface area contributed by atoms with Gasteiger partial charge in [-0.3, -0.25) is 4.79 Å². The monoisotopic (exact) mass is 387 g/mol. The maximum Gasteiger partial charge on any atom is 0.322 e. The van der Waals surface area contributed by atoms with Gasteiger partial charge in [0.1, 0.15) is 9.07 Å². The predicted octanol–water partition coefficient (Wildman–Crippen LogP) is 5.05. The highest BCUT2D eigenvalue weighted by Gasteiger charge is 2.33. The second kappa shape index (κ2) is 9.74. The minimum Gasteiger partial charge on any atom is -0.465 e. The fourth-order valence-electron chi connectivity index (χ4n) is 2.42. The summed E-state index contributed by atoms with van der Waals surface area (Å²) in [5, 5.41) is 0. The number of benzene rings is 2. The number of hydrogen-bond acceptors (Lipinski definition) is 4. The summed E-state index contributed by atoms with van der Waals surface area (Å²) < 4.78 is 5.15. The Hall–Kier alpha value is -1.85. The SMILES string of the molecule is CCOC(=O)C(C)(C)SC(=S)N(Cc1ccccc1)Cc1ccccc1. The van der Waals surface area contributed by atoms with E-state index in [1.54, 1.807) is 0 Å². The highest BCUT2D eigenvalue weighted by atomic mass is 32.2. The summed E-state index contributed by atoms with van der Waals surface area (Å²) in [7, 11) is 0. The smallest absolute Gasteiger partial charge is 0.322 e. The molecule has 0 aromatic heterocycles. The van der Waals surface area contributed by atoms with E-state index in [1.165, 1.54) is 22.9 Å². The van der Waals surface area contributed by atoms with Gasteiger partial charge in [-0.25, -0.2) is 0 Å². The van der Waals surface area contributed by atoms with Gasteiger partial charge in [-0.15, -0.1) is 0 Å².